The number of carbonyl (C=O) groups is 3. The Labute approximate surface area is 140 Å². The second-order valence-electron chi connectivity index (χ2n) is 6.13. The fourth-order valence-corrected chi connectivity index (χ4v) is 2.99. The molecule has 1 aromatic rings. The van der Waals surface area contributed by atoms with Crippen molar-refractivity contribution in [3.05, 3.63) is 47.5 Å². The van der Waals surface area contributed by atoms with E-state index < -0.39 is 29.9 Å². The van der Waals surface area contributed by atoms with E-state index in [2.05, 4.69) is 11.3 Å². The lowest BCUT2D eigenvalue weighted by molar-refractivity contribution is -0.136. The number of carbonyl (C=O) groups excluding carboxylic acids is 3. The molecule has 1 aromatic carbocycles. The highest BCUT2D eigenvalue weighted by Gasteiger charge is 2.43. The molecule has 0 radical (unpaired) electrons. The smallest absolute Gasteiger partial charge is 0.333 e. The van der Waals surface area contributed by atoms with Crippen molar-refractivity contribution in [2.45, 2.75) is 32.4 Å². The van der Waals surface area contributed by atoms with Crippen LogP contribution in [0, 0.1) is 5.92 Å². The molecule has 1 heterocycles. The number of imide groups is 1. The van der Waals surface area contributed by atoms with Crippen LogP contribution < -0.4 is 0 Å². The minimum absolute atomic E-state index is 0.0804. The highest BCUT2D eigenvalue weighted by molar-refractivity contribution is 6.21. The van der Waals surface area contributed by atoms with E-state index in [9.17, 15) is 19.5 Å². The highest BCUT2D eigenvalue weighted by Crippen LogP contribution is 2.29. The molecule has 2 atom stereocenters. The van der Waals surface area contributed by atoms with E-state index >= 15 is 0 Å². The Morgan fingerprint density at radius 1 is 1.21 bits per heavy atom. The number of benzene rings is 1. The summed E-state index contributed by atoms with van der Waals surface area (Å²) in [5.41, 5.74) is 0.742. The van der Waals surface area contributed by atoms with Crippen LogP contribution >= 0.6 is 0 Å². The van der Waals surface area contributed by atoms with Crippen LogP contribution in [0.15, 0.2) is 36.4 Å². The van der Waals surface area contributed by atoms with Crippen molar-refractivity contribution in [3.8, 4) is 0 Å². The Balaban J connectivity index is 2.29. The van der Waals surface area contributed by atoms with Gasteiger partial charge >= 0.3 is 5.97 Å². The first-order valence-corrected chi connectivity index (χ1v) is 7.70. The fourth-order valence-electron chi connectivity index (χ4n) is 2.99. The summed E-state index contributed by atoms with van der Waals surface area (Å²) >= 11 is 0. The third-order valence-electron chi connectivity index (χ3n) is 4.13. The number of aliphatic hydroxyl groups is 1. The topological polar surface area (TPSA) is 83.9 Å². The normalized spacial score (nSPS) is 16.1. The van der Waals surface area contributed by atoms with E-state index in [4.69, 9.17) is 0 Å². The van der Waals surface area contributed by atoms with Crippen molar-refractivity contribution in [2.75, 3.05) is 7.11 Å². The summed E-state index contributed by atoms with van der Waals surface area (Å²) < 4.78 is 4.57. The first-order valence-electron chi connectivity index (χ1n) is 7.70. The molecule has 1 N–H and O–H groups in total. The predicted octanol–water partition coefficient (Wildman–Crippen LogP) is 1.79. The van der Waals surface area contributed by atoms with Gasteiger partial charge in [-0.1, -0.05) is 32.6 Å². The maximum atomic E-state index is 12.6. The number of hydrogen-bond acceptors (Lipinski definition) is 5. The van der Waals surface area contributed by atoms with E-state index in [1.54, 1.807) is 38.1 Å². The van der Waals surface area contributed by atoms with Gasteiger partial charge in [0.25, 0.3) is 11.8 Å². The number of amides is 2. The third kappa shape index (κ3) is 3.10. The lowest BCUT2D eigenvalue weighted by Gasteiger charge is -2.33. The first kappa shape index (κ1) is 17.9. The van der Waals surface area contributed by atoms with Crippen molar-refractivity contribution in [1.29, 1.82) is 0 Å². The monoisotopic (exact) mass is 331 g/mol. The van der Waals surface area contributed by atoms with E-state index in [1.165, 1.54) is 7.11 Å². The van der Waals surface area contributed by atoms with Gasteiger partial charge in [-0.3, -0.25) is 14.5 Å². The molecule has 2 rings (SSSR count). The van der Waals surface area contributed by atoms with Crippen molar-refractivity contribution in [3.63, 3.8) is 0 Å². The maximum Gasteiger partial charge on any atom is 0.333 e. The minimum Gasteiger partial charge on any atom is -0.466 e. The van der Waals surface area contributed by atoms with Gasteiger partial charge in [0.15, 0.2) is 0 Å². The average molecular weight is 331 g/mol. The van der Waals surface area contributed by atoms with Crippen LogP contribution in [0.4, 0.5) is 0 Å². The molecule has 6 nitrogen and oxygen atoms in total. The number of esters is 1. The largest absolute Gasteiger partial charge is 0.466 e. The summed E-state index contributed by atoms with van der Waals surface area (Å²) in [7, 11) is 1.23. The molecular formula is C18H21NO5. The summed E-state index contributed by atoms with van der Waals surface area (Å²) in [6.07, 6.45) is -1.19. The van der Waals surface area contributed by atoms with Crippen LogP contribution in [-0.4, -0.2) is 47.0 Å². The molecule has 0 bridgehead atoms. The Morgan fingerprint density at radius 3 is 2.12 bits per heavy atom. The summed E-state index contributed by atoms with van der Waals surface area (Å²) in [4.78, 5) is 37.8. The molecule has 0 spiro atoms. The zero-order chi connectivity index (χ0) is 18.0. The van der Waals surface area contributed by atoms with Crippen molar-refractivity contribution in [1.82, 2.24) is 4.90 Å². The maximum absolute atomic E-state index is 12.6. The first-order chi connectivity index (χ1) is 11.3. The van der Waals surface area contributed by atoms with Crippen LogP contribution in [0.25, 0.3) is 0 Å². The van der Waals surface area contributed by atoms with Crippen LogP contribution in [0.3, 0.4) is 0 Å². The average Bonchev–Trinajstić information content (AvgIpc) is 2.79. The summed E-state index contributed by atoms with van der Waals surface area (Å²) in [5.74, 6) is -1.69. The molecule has 128 valence electrons. The molecule has 0 saturated carbocycles. The standard InChI is InChI=1S/C18H21NO5/c1-10(2)15(14(20)9-11(3)18(23)24-4)19-16(21)12-7-5-6-8-13(12)17(19)22/h5-8,10,14-15,20H,3,9H2,1-2,4H3/t14-,15+/m0/s1. The second-order valence-corrected chi connectivity index (χ2v) is 6.13. The Kier molecular flexibility index (Phi) is 5.19. The number of aliphatic hydroxyl groups excluding tert-OH is 1. The quantitative estimate of drug-likeness (QED) is 0.488. The molecule has 24 heavy (non-hydrogen) atoms. The number of fused-ring (bicyclic) bond motifs is 1. The van der Waals surface area contributed by atoms with E-state index in [0.29, 0.717) is 11.1 Å². The van der Waals surface area contributed by atoms with Crippen LogP contribution in [0.1, 0.15) is 41.0 Å². The van der Waals surface area contributed by atoms with E-state index in [-0.39, 0.29) is 17.9 Å². The molecule has 0 aromatic heterocycles. The highest BCUT2D eigenvalue weighted by atomic mass is 16.5. The zero-order valence-corrected chi connectivity index (χ0v) is 14.0. The Hall–Kier alpha value is -2.47. The summed E-state index contributed by atoms with van der Waals surface area (Å²) in [5, 5.41) is 10.6. The van der Waals surface area contributed by atoms with E-state index in [1.807, 2.05) is 0 Å². The molecule has 0 saturated heterocycles. The van der Waals surface area contributed by atoms with Crippen molar-refractivity contribution < 1.29 is 24.2 Å². The molecule has 0 fully saturated rings. The van der Waals surface area contributed by atoms with Crippen molar-refractivity contribution in [2.24, 2.45) is 5.92 Å². The van der Waals surface area contributed by atoms with Crippen LogP contribution in [0.2, 0.25) is 0 Å². The molecular weight excluding hydrogens is 310 g/mol. The molecule has 1 aliphatic heterocycles. The molecule has 6 heteroatoms. The number of ether oxygens (including phenoxy) is 1. The molecule has 1 aliphatic rings. The summed E-state index contributed by atoms with van der Waals surface area (Å²) in [6, 6.07) is 5.79. The number of methoxy groups -OCH3 is 1. The zero-order valence-electron chi connectivity index (χ0n) is 14.0. The van der Waals surface area contributed by atoms with Gasteiger partial charge in [-0.15, -0.1) is 0 Å². The van der Waals surface area contributed by atoms with Crippen molar-refractivity contribution >= 4 is 17.8 Å². The van der Waals surface area contributed by atoms with Gasteiger partial charge in [0.2, 0.25) is 0 Å². The van der Waals surface area contributed by atoms with Gasteiger partial charge in [0.1, 0.15) is 0 Å². The fraction of sp³-hybridized carbons (Fsp3) is 0.389. The van der Waals surface area contributed by atoms with Crippen LogP contribution in [-0.2, 0) is 9.53 Å². The summed E-state index contributed by atoms with van der Waals surface area (Å²) in [6.45, 7) is 7.20. The minimum atomic E-state index is -1.11. The Bertz CT molecular complexity index is 659. The number of nitrogens with zero attached hydrogens (tertiary/aromatic N) is 1. The lowest BCUT2D eigenvalue weighted by atomic mass is 9.92. The molecule has 0 aliphatic carbocycles. The van der Waals surface area contributed by atoms with E-state index in [0.717, 1.165) is 4.90 Å². The van der Waals surface area contributed by atoms with Gasteiger partial charge in [-0.2, -0.15) is 0 Å². The number of hydrogen-bond donors (Lipinski definition) is 1. The lowest BCUT2D eigenvalue weighted by Crippen LogP contribution is -2.50. The number of rotatable bonds is 6. The SMILES string of the molecule is C=C(C[C@H](O)[C@@H](C(C)C)N1C(=O)c2ccccc2C1=O)C(=O)OC. The third-order valence-corrected chi connectivity index (χ3v) is 4.13. The second kappa shape index (κ2) is 6.97. The van der Waals surface area contributed by atoms with Crippen LogP contribution in [0.5, 0.6) is 0 Å². The van der Waals surface area contributed by atoms with Gasteiger partial charge in [-0.25, -0.2) is 4.79 Å². The van der Waals surface area contributed by atoms with Gasteiger partial charge in [0, 0.05) is 12.0 Å². The van der Waals surface area contributed by atoms with Gasteiger partial charge in [0.05, 0.1) is 30.4 Å². The molecule has 2 amide bonds. The Morgan fingerprint density at radius 2 is 1.71 bits per heavy atom. The van der Waals surface area contributed by atoms with Gasteiger partial charge in [-0.05, 0) is 18.1 Å². The van der Waals surface area contributed by atoms with Gasteiger partial charge < -0.3 is 9.84 Å². The predicted molar refractivity (Wildman–Crippen MR) is 87.3 cm³/mol. The molecule has 0 unspecified atom stereocenters.